The van der Waals surface area contributed by atoms with Crippen molar-refractivity contribution in [1.82, 2.24) is 15.0 Å². The molecule has 10 heteroatoms. The van der Waals surface area contributed by atoms with E-state index in [-0.39, 0.29) is 19.0 Å². The molecule has 0 amide bonds. The minimum absolute atomic E-state index is 0.248. The Hall–Kier alpha value is -1.75. The Labute approximate surface area is 121 Å². The van der Waals surface area contributed by atoms with Gasteiger partial charge in [-0.25, -0.2) is 5.84 Å². The average Bonchev–Trinajstić information content (AvgIpc) is 2.87. The van der Waals surface area contributed by atoms with Gasteiger partial charge >= 0.3 is 0 Å². The number of hydrogen-bond donors (Lipinski definition) is 4. The summed E-state index contributed by atoms with van der Waals surface area (Å²) in [7, 11) is 0. The molecule has 0 aliphatic carbocycles. The third-order valence-corrected chi connectivity index (χ3v) is 3.58. The van der Waals surface area contributed by atoms with Gasteiger partial charge in [0.25, 0.3) is 0 Å². The van der Waals surface area contributed by atoms with E-state index in [1.807, 2.05) is 4.90 Å². The summed E-state index contributed by atoms with van der Waals surface area (Å²) >= 11 is 0. The van der Waals surface area contributed by atoms with Gasteiger partial charge in [0.05, 0.1) is 25.4 Å². The second kappa shape index (κ2) is 5.93. The van der Waals surface area contributed by atoms with Crippen molar-refractivity contribution in [2.45, 2.75) is 12.2 Å². The van der Waals surface area contributed by atoms with Crippen molar-refractivity contribution in [2.24, 2.45) is 5.84 Å². The highest BCUT2D eigenvalue weighted by atomic mass is 16.5. The first-order chi connectivity index (χ1) is 10.2. The molecule has 1 aromatic heterocycles. The largest absolute Gasteiger partial charge is 0.388 e. The van der Waals surface area contributed by atoms with E-state index in [9.17, 15) is 10.2 Å². The summed E-state index contributed by atoms with van der Waals surface area (Å²) in [6, 6.07) is 0. The van der Waals surface area contributed by atoms with Crippen molar-refractivity contribution in [3.63, 3.8) is 0 Å². The monoisotopic (exact) mass is 297 g/mol. The van der Waals surface area contributed by atoms with Gasteiger partial charge in [-0.15, -0.1) is 0 Å². The molecule has 3 heterocycles. The number of anilines is 3. The first kappa shape index (κ1) is 14.2. The number of aliphatic hydroxyl groups is 2. The summed E-state index contributed by atoms with van der Waals surface area (Å²) in [6.07, 6.45) is -1.61. The molecule has 0 bridgehead atoms. The number of nitrogens with two attached hydrogens (primary N) is 1. The highest BCUT2D eigenvalue weighted by Gasteiger charge is 2.32. The summed E-state index contributed by atoms with van der Waals surface area (Å²) in [4.78, 5) is 16.5. The quantitative estimate of drug-likeness (QED) is 0.351. The second-order valence-electron chi connectivity index (χ2n) is 5.04. The highest BCUT2D eigenvalue weighted by molar-refractivity contribution is 5.46. The fourth-order valence-electron chi connectivity index (χ4n) is 2.40. The molecule has 0 saturated carbocycles. The molecule has 10 nitrogen and oxygen atoms in total. The number of nitrogen functional groups attached to an aromatic ring is 1. The van der Waals surface area contributed by atoms with Crippen molar-refractivity contribution < 1.29 is 14.9 Å². The zero-order chi connectivity index (χ0) is 14.8. The van der Waals surface area contributed by atoms with Crippen LogP contribution in [0.4, 0.5) is 17.8 Å². The van der Waals surface area contributed by atoms with Crippen molar-refractivity contribution in [3.05, 3.63) is 0 Å². The summed E-state index contributed by atoms with van der Waals surface area (Å²) < 4.78 is 5.31. The molecule has 0 radical (unpaired) electrons. The van der Waals surface area contributed by atoms with Crippen LogP contribution in [0, 0.1) is 0 Å². The number of hydrazine groups is 1. The molecule has 1 aromatic rings. The SMILES string of the molecule is NNc1nc(N2CCOCC2)nc(N2CC(O)C(O)C2)n1. The third kappa shape index (κ3) is 2.97. The Bertz CT molecular complexity index is 487. The minimum Gasteiger partial charge on any atom is -0.388 e. The predicted molar refractivity (Wildman–Crippen MR) is 74.9 cm³/mol. The summed E-state index contributed by atoms with van der Waals surface area (Å²) in [5.74, 6) is 6.55. The van der Waals surface area contributed by atoms with E-state index in [2.05, 4.69) is 20.4 Å². The molecule has 3 rings (SSSR count). The summed E-state index contributed by atoms with van der Waals surface area (Å²) in [5.41, 5.74) is 2.42. The van der Waals surface area contributed by atoms with Gasteiger partial charge in [0.1, 0.15) is 0 Å². The van der Waals surface area contributed by atoms with Gasteiger partial charge < -0.3 is 24.7 Å². The van der Waals surface area contributed by atoms with Crippen molar-refractivity contribution in [1.29, 1.82) is 0 Å². The van der Waals surface area contributed by atoms with Gasteiger partial charge in [0, 0.05) is 26.2 Å². The Balaban J connectivity index is 1.86. The van der Waals surface area contributed by atoms with E-state index in [0.29, 0.717) is 38.2 Å². The molecule has 0 spiro atoms. The van der Waals surface area contributed by atoms with Gasteiger partial charge in [-0.1, -0.05) is 0 Å². The van der Waals surface area contributed by atoms with Crippen LogP contribution in [-0.2, 0) is 4.74 Å². The van der Waals surface area contributed by atoms with Gasteiger partial charge in [-0.05, 0) is 0 Å². The standard InChI is InChI=1S/C11H19N7O3/c12-16-9-13-10(17-1-3-21-4-2-17)15-11(14-9)18-5-7(19)8(20)6-18/h7-8,19-20H,1-6,12H2,(H,13,14,15,16). The third-order valence-electron chi connectivity index (χ3n) is 3.58. The smallest absolute Gasteiger partial charge is 0.243 e. The number of rotatable bonds is 3. The average molecular weight is 297 g/mol. The number of hydrogen-bond acceptors (Lipinski definition) is 10. The molecular weight excluding hydrogens is 278 g/mol. The minimum atomic E-state index is -0.803. The van der Waals surface area contributed by atoms with Gasteiger partial charge in [0.2, 0.25) is 17.8 Å². The van der Waals surface area contributed by atoms with E-state index < -0.39 is 12.2 Å². The number of ether oxygens (including phenoxy) is 1. The fraction of sp³-hybridized carbons (Fsp3) is 0.727. The van der Waals surface area contributed by atoms with Crippen molar-refractivity contribution >= 4 is 17.8 Å². The zero-order valence-corrected chi connectivity index (χ0v) is 11.5. The molecule has 2 fully saturated rings. The highest BCUT2D eigenvalue weighted by Crippen LogP contribution is 2.21. The molecule has 116 valence electrons. The van der Waals surface area contributed by atoms with Crippen LogP contribution in [0.1, 0.15) is 0 Å². The molecule has 21 heavy (non-hydrogen) atoms. The summed E-state index contributed by atoms with van der Waals surface area (Å²) in [6.45, 7) is 3.17. The van der Waals surface area contributed by atoms with Crippen LogP contribution in [-0.4, -0.2) is 76.8 Å². The Kier molecular flexibility index (Phi) is 4.01. The van der Waals surface area contributed by atoms with Crippen LogP contribution in [0.25, 0.3) is 0 Å². The van der Waals surface area contributed by atoms with E-state index in [1.165, 1.54) is 0 Å². The molecule has 2 atom stereocenters. The normalized spacial score (nSPS) is 26.2. The molecular formula is C11H19N7O3. The lowest BCUT2D eigenvalue weighted by Gasteiger charge is -2.27. The van der Waals surface area contributed by atoms with Crippen LogP contribution in [0.5, 0.6) is 0 Å². The van der Waals surface area contributed by atoms with Gasteiger partial charge in [0.15, 0.2) is 0 Å². The predicted octanol–water partition coefficient (Wildman–Crippen LogP) is -2.46. The molecule has 2 saturated heterocycles. The van der Waals surface area contributed by atoms with E-state index in [0.717, 1.165) is 0 Å². The number of morpholine rings is 1. The number of β-amino-alcohol motifs (C(OH)–C–C–N with tert-alkyl or cyclic N) is 2. The maximum absolute atomic E-state index is 9.64. The van der Waals surface area contributed by atoms with Crippen LogP contribution in [0.15, 0.2) is 0 Å². The Morgan fingerprint density at radius 2 is 1.57 bits per heavy atom. The van der Waals surface area contributed by atoms with Gasteiger partial charge in [-0.2, -0.15) is 15.0 Å². The molecule has 0 aromatic carbocycles. The maximum Gasteiger partial charge on any atom is 0.243 e. The molecule has 5 N–H and O–H groups in total. The lowest BCUT2D eigenvalue weighted by molar-refractivity contribution is 0.0572. The van der Waals surface area contributed by atoms with Gasteiger partial charge in [-0.3, -0.25) is 5.43 Å². The van der Waals surface area contributed by atoms with Crippen LogP contribution >= 0.6 is 0 Å². The molecule has 2 unspecified atom stereocenters. The number of aliphatic hydroxyl groups excluding tert-OH is 2. The zero-order valence-electron chi connectivity index (χ0n) is 11.5. The maximum atomic E-state index is 9.64. The Morgan fingerprint density at radius 1 is 1.00 bits per heavy atom. The summed E-state index contributed by atoms with van der Waals surface area (Å²) in [5, 5.41) is 19.3. The lowest BCUT2D eigenvalue weighted by Crippen LogP contribution is -2.38. The number of aromatic nitrogens is 3. The van der Waals surface area contributed by atoms with E-state index >= 15 is 0 Å². The van der Waals surface area contributed by atoms with Crippen molar-refractivity contribution in [3.8, 4) is 0 Å². The van der Waals surface area contributed by atoms with E-state index in [4.69, 9.17) is 10.6 Å². The molecule has 2 aliphatic rings. The first-order valence-corrected chi connectivity index (χ1v) is 6.84. The topological polar surface area (TPSA) is 133 Å². The van der Waals surface area contributed by atoms with E-state index in [1.54, 1.807) is 4.90 Å². The first-order valence-electron chi connectivity index (χ1n) is 6.84. The number of nitrogens with one attached hydrogen (secondary N) is 1. The second-order valence-corrected chi connectivity index (χ2v) is 5.04. The molecule has 2 aliphatic heterocycles. The lowest BCUT2D eigenvalue weighted by atomic mass is 10.3. The van der Waals surface area contributed by atoms with Crippen LogP contribution in [0.2, 0.25) is 0 Å². The Morgan fingerprint density at radius 3 is 2.14 bits per heavy atom. The van der Waals surface area contributed by atoms with Crippen molar-refractivity contribution in [2.75, 3.05) is 54.6 Å². The van der Waals surface area contributed by atoms with Crippen LogP contribution < -0.4 is 21.1 Å². The number of nitrogens with zero attached hydrogens (tertiary/aromatic N) is 5. The fourth-order valence-corrected chi connectivity index (χ4v) is 2.40. The van der Waals surface area contributed by atoms with Crippen LogP contribution in [0.3, 0.4) is 0 Å².